The van der Waals surface area contributed by atoms with Crippen LogP contribution >= 0.6 is 0 Å². The third-order valence-corrected chi connectivity index (χ3v) is 2.25. The Morgan fingerprint density at radius 3 is 2.87 bits per heavy atom. The van der Waals surface area contributed by atoms with Crippen LogP contribution in [0.4, 0.5) is 0 Å². The number of esters is 1. The van der Waals surface area contributed by atoms with Gasteiger partial charge in [0.15, 0.2) is 0 Å². The lowest BCUT2D eigenvalue weighted by molar-refractivity contribution is -0.148. The largest absolute Gasteiger partial charge is 0.707 e. The normalized spacial score (nSPS) is 20.5. The minimum absolute atomic E-state index is 0.131. The molecule has 1 unspecified atom stereocenters. The highest BCUT2D eigenvalue weighted by atomic mass is 16.6. The second-order valence-electron chi connectivity index (χ2n) is 3.34. The maximum Gasteiger partial charge on any atom is 0.707 e. The van der Waals surface area contributed by atoms with Gasteiger partial charge >= 0.3 is 13.3 Å². The maximum atomic E-state index is 11.3. The molecule has 84 valence electrons. The molecule has 0 heterocycles. The summed E-state index contributed by atoms with van der Waals surface area (Å²) in [5.74, 6) is 0.191. The topological polar surface area (TPSA) is 76.0 Å². The van der Waals surface area contributed by atoms with Crippen LogP contribution in [0.2, 0.25) is 0 Å². The zero-order valence-electron chi connectivity index (χ0n) is 8.68. The molecule has 2 N–H and O–H groups in total. The molecule has 0 saturated carbocycles. The predicted molar refractivity (Wildman–Crippen MR) is 53.3 cm³/mol. The first-order valence-corrected chi connectivity index (χ1v) is 5.02. The number of ether oxygens (including phenoxy) is 1. The molecule has 1 aliphatic rings. The number of allylic oxidation sites excluding steroid dienone is 2. The van der Waals surface area contributed by atoms with Crippen LogP contribution in [0, 0.1) is 5.92 Å². The molecule has 0 amide bonds. The van der Waals surface area contributed by atoms with Crippen molar-refractivity contribution in [1.82, 2.24) is 0 Å². The zero-order chi connectivity index (χ0) is 11.3. The standard InChI is InChI=1S/C9H15BO5/c1-2-14-9(11)7-3-5-8(6-4-7)15-10(12)13/h5,7,12-13H,2-4,6H2,1H3. The second-order valence-corrected chi connectivity index (χ2v) is 3.34. The van der Waals surface area contributed by atoms with E-state index in [-0.39, 0.29) is 11.9 Å². The van der Waals surface area contributed by atoms with Gasteiger partial charge in [0.2, 0.25) is 0 Å². The summed E-state index contributed by atoms with van der Waals surface area (Å²) in [6, 6.07) is 0. The van der Waals surface area contributed by atoms with Crippen molar-refractivity contribution in [3.05, 3.63) is 11.8 Å². The summed E-state index contributed by atoms with van der Waals surface area (Å²) in [5.41, 5.74) is 0. The van der Waals surface area contributed by atoms with Gasteiger partial charge in [-0.3, -0.25) is 4.79 Å². The highest BCUT2D eigenvalue weighted by molar-refractivity contribution is 6.33. The highest BCUT2D eigenvalue weighted by Crippen LogP contribution is 2.25. The molecule has 0 bridgehead atoms. The van der Waals surface area contributed by atoms with Gasteiger partial charge in [-0.1, -0.05) is 0 Å². The quantitative estimate of drug-likeness (QED) is 0.517. The Morgan fingerprint density at radius 2 is 2.40 bits per heavy atom. The van der Waals surface area contributed by atoms with Gasteiger partial charge in [0.05, 0.1) is 18.3 Å². The van der Waals surface area contributed by atoms with E-state index in [4.69, 9.17) is 19.4 Å². The summed E-state index contributed by atoms with van der Waals surface area (Å²) in [4.78, 5) is 11.3. The Kier molecular flexibility index (Phi) is 4.64. The smallest absolute Gasteiger partial charge is 0.516 e. The predicted octanol–water partition coefficient (Wildman–Crippen LogP) is 0.220. The zero-order valence-corrected chi connectivity index (χ0v) is 8.68. The number of rotatable bonds is 4. The number of carbonyl (C=O) groups is 1. The van der Waals surface area contributed by atoms with Crippen molar-refractivity contribution in [2.45, 2.75) is 26.2 Å². The SMILES string of the molecule is CCOC(=O)C1CC=C(OB(O)O)CC1. The van der Waals surface area contributed by atoms with Gasteiger partial charge < -0.3 is 19.4 Å². The molecule has 0 spiro atoms. The number of hydrogen-bond donors (Lipinski definition) is 2. The Bertz CT molecular complexity index is 251. The van der Waals surface area contributed by atoms with Crippen molar-refractivity contribution in [1.29, 1.82) is 0 Å². The number of hydrogen-bond acceptors (Lipinski definition) is 5. The van der Waals surface area contributed by atoms with Gasteiger partial charge in [0, 0.05) is 6.42 Å². The van der Waals surface area contributed by atoms with E-state index in [0.717, 1.165) is 0 Å². The van der Waals surface area contributed by atoms with Crippen LogP contribution in [0.25, 0.3) is 0 Å². The second kappa shape index (κ2) is 5.77. The molecule has 1 aliphatic carbocycles. The van der Waals surface area contributed by atoms with Gasteiger partial charge in [-0.2, -0.15) is 0 Å². The van der Waals surface area contributed by atoms with E-state index in [1.165, 1.54) is 0 Å². The fourth-order valence-corrected chi connectivity index (χ4v) is 1.53. The molecule has 15 heavy (non-hydrogen) atoms. The van der Waals surface area contributed by atoms with Crippen molar-refractivity contribution in [2.24, 2.45) is 5.92 Å². The molecule has 0 aromatic carbocycles. The molecule has 1 rings (SSSR count). The average Bonchev–Trinajstić information content (AvgIpc) is 2.18. The van der Waals surface area contributed by atoms with Crippen LogP contribution in [0.3, 0.4) is 0 Å². The number of carbonyl (C=O) groups excluding carboxylic acids is 1. The fraction of sp³-hybridized carbons (Fsp3) is 0.667. The van der Waals surface area contributed by atoms with Crippen molar-refractivity contribution in [3.8, 4) is 0 Å². The molecule has 0 fully saturated rings. The summed E-state index contributed by atoms with van der Waals surface area (Å²) < 4.78 is 9.59. The van der Waals surface area contributed by atoms with Crippen LogP contribution < -0.4 is 0 Å². The lowest BCUT2D eigenvalue weighted by atomic mass is 9.93. The molecular weight excluding hydrogens is 199 g/mol. The van der Waals surface area contributed by atoms with E-state index in [0.29, 0.717) is 31.6 Å². The summed E-state index contributed by atoms with van der Waals surface area (Å²) >= 11 is 0. The first-order chi connectivity index (χ1) is 7.13. The Balaban J connectivity index is 2.40. The van der Waals surface area contributed by atoms with Gasteiger partial charge in [-0.15, -0.1) is 0 Å². The fourth-order valence-electron chi connectivity index (χ4n) is 1.53. The highest BCUT2D eigenvalue weighted by Gasteiger charge is 2.24. The van der Waals surface area contributed by atoms with Gasteiger partial charge in [-0.05, 0) is 25.8 Å². The minimum atomic E-state index is -1.78. The summed E-state index contributed by atoms with van der Waals surface area (Å²) in [5, 5.41) is 17.1. The first-order valence-electron chi connectivity index (χ1n) is 5.02. The first kappa shape index (κ1) is 12.1. The molecular formula is C9H15BO5. The van der Waals surface area contributed by atoms with Crippen molar-refractivity contribution in [2.75, 3.05) is 6.61 Å². The van der Waals surface area contributed by atoms with E-state index in [9.17, 15) is 4.79 Å². The minimum Gasteiger partial charge on any atom is -0.516 e. The van der Waals surface area contributed by atoms with E-state index < -0.39 is 7.32 Å². The molecule has 0 saturated heterocycles. The van der Waals surface area contributed by atoms with Crippen molar-refractivity contribution >= 4 is 13.3 Å². The van der Waals surface area contributed by atoms with Crippen LogP contribution in [0.15, 0.2) is 11.8 Å². The molecule has 0 radical (unpaired) electrons. The van der Waals surface area contributed by atoms with Crippen molar-refractivity contribution < 1.29 is 24.2 Å². The molecule has 1 atom stereocenters. The summed E-state index contributed by atoms with van der Waals surface area (Å²) in [7, 11) is -1.78. The lowest BCUT2D eigenvalue weighted by Crippen LogP contribution is -2.23. The van der Waals surface area contributed by atoms with E-state index >= 15 is 0 Å². The van der Waals surface area contributed by atoms with E-state index in [2.05, 4.69) is 0 Å². The monoisotopic (exact) mass is 214 g/mol. The van der Waals surface area contributed by atoms with Crippen molar-refractivity contribution in [3.63, 3.8) is 0 Å². The van der Waals surface area contributed by atoms with Crippen LogP contribution in [0.1, 0.15) is 26.2 Å². The van der Waals surface area contributed by atoms with E-state index in [1.807, 2.05) is 0 Å². The molecule has 5 nitrogen and oxygen atoms in total. The van der Waals surface area contributed by atoms with Crippen LogP contribution in [-0.2, 0) is 14.2 Å². The Morgan fingerprint density at radius 1 is 1.67 bits per heavy atom. The maximum absolute atomic E-state index is 11.3. The summed E-state index contributed by atoms with van der Waals surface area (Å²) in [6.07, 6.45) is 3.38. The molecule has 0 aliphatic heterocycles. The van der Waals surface area contributed by atoms with Gasteiger partial charge in [0.1, 0.15) is 0 Å². The van der Waals surface area contributed by atoms with Gasteiger partial charge in [0.25, 0.3) is 0 Å². The molecule has 0 aromatic rings. The third-order valence-electron chi connectivity index (χ3n) is 2.25. The summed E-state index contributed by atoms with van der Waals surface area (Å²) in [6.45, 7) is 2.16. The average molecular weight is 214 g/mol. The Hall–Kier alpha value is -1.01. The van der Waals surface area contributed by atoms with Gasteiger partial charge in [-0.25, -0.2) is 0 Å². The van der Waals surface area contributed by atoms with E-state index in [1.54, 1.807) is 13.0 Å². The van der Waals surface area contributed by atoms with Crippen LogP contribution in [0.5, 0.6) is 0 Å². The Labute approximate surface area is 88.9 Å². The lowest BCUT2D eigenvalue weighted by Gasteiger charge is -2.20. The third kappa shape index (κ3) is 3.93. The molecule has 6 heteroatoms. The molecule has 0 aromatic heterocycles. The van der Waals surface area contributed by atoms with Crippen LogP contribution in [-0.4, -0.2) is 29.9 Å².